The highest BCUT2D eigenvalue weighted by atomic mass is 79.9. The first kappa shape index (κ1) is 15.3. The molecule has 1 aliphatic rings. The molecule has 0 aromatic carbocycles. The predicted octanol–water partition coefficient (Wildman–Crippen LogP) is 3.44. The molecule has 5 heteroatoms. The zero-order chi connectivity index (χ0) is 14.5. The molecule has 1 saturated carbocycles. The largest absolute Gasteiger partial charge is 0.372 e. The Morgan fingerprint density at radius 2 is 2.10 bits per heavy atom. The standard InChI is InChI=1S/C15H22BrN3O/c1-10-3-5-11(6-4-10)8-19-15(20)13-7-12(16)9-18-14(13)17-2/h7,9-11H,3-6,8H2,1-2H3,(H,17,18)(H,19,20). The van der Waals surface area contributed by atoms with Crippen LogP contribution in [0, 0.1) is 11.8 Å². The van der Waals surface area contributed by atoms with Crippen molar-refractivity contribution in [2.45, 2.75) is 32.6 Å². The van der Waals surface area contributed by atoms with Crippen molar-refractivity contribution in [2.75, 3.05) is 18.9 Å². The molecule has 2 N–H and O–H groups in total. The maximum Gasteiger partial charge on any atom is 0.255 e. The van der Waals surface area contributed by atoms with E-state index in [0.717, 1.165) is 16.9 Å². The lowest BCUT2D eigenvalue weighted by atomic mass is 9.83. The molecule has 0 unspecified atom stereocenters. The lowest BCUT2D eigenvalue weighted by Gasteiger charge is -2.26. The van der Waals surface area contributed by atoms with Gasteiger partial charge in [-0.3, -0.25) is 4.79 Å². The molecule has 1 amide bonds. The summed E-state index contributed by atoms with van der Waals surface area (Å²) >= 11 is 3.36. The number of amides is 1. The van der Waals surface area contributed by atoms with Gasteiger partial charge in [0.2, 0.25) is 0 Å². The number of hydrogen-bond acceptors (Lipinski definition) is 3. The van der Waals surface area contributed by atoms with Gasteiger partial charge in [-0.05, 0) is 46.7 Å². The first-order valence-electron chi connectivity index (χ1n) is 7.21. The van der Waals surface area contributed by atoms with Gasteiger partial charge in [-0.2, -0.15) is 0 Å². The van der Waals surface area contributed by atoms with E-state index in [4.69, 9.17) is 0 Å². The molecule has 1 fully saturated rings. The molecule has 0 bridgehead atoms. The molecule has 4 nitrogen and oxygen atoms in total. The number of aromatic nitrogens is 1. The number of carbonyl (C=O) groups excluding carboxylic acids is 1. The van der Waals surface area contributed by atoms with Crippen LogP contribution in [-0.2, 0) is 0 Å². The van der Waals surface area contributed by atoms with Crippen LogP contribution in [-0.4, -0.2) is 24.5 Å². The zero-order valence-corrected chi connectivity index (χ0v) is 13.7. The van der Waals surface area contributed by atoms with E-state index >= 15 is 0 Å². The van der Waals surface area contributed by atoms with Gasteiger partial charge in [-0.25, -0.2) is 4.98 Å². The SMILES string of the molecule is CNc1ncc(Br)cc1C(=O)NCC1CCC(C)CC1. The minimum absolute atomic E-state index is 0.0539. The van der Waals surface area contributed by atoms with Crippen LogP contribution in [0.3, 0.4) is 0 Å². The Morgan fingerprint density at radius 3 is 2.75 bits per heavy atom. The highest BCUT2D eigenvalue weighted by Gasteiger charge is 2.20. The molecule has 0 atom stereocenters. The lowest BCUT2D eigenvalue weighted by Crippen LogP contribution is -2.31. The van der Waals surface area contributed by atoms with Gasteiger partial charge < -0.3 is 10.6 Å². The molecule has 1 aliphatic carbocycles. The Bertz CT molecular complexity index is 470. The quantitative estimate of drug-likeness (QED) is 0.883. The van der Waals surface area contributed by atoms with Crippen molar-refractivity contribution in [1.82, 2.24) is 10.3 Å². The van der Waals surface area contributed by atoms with Crippen LogP contribution in [0.1, 0.15) is 43.0 Å². The van der Waals surface area contributed by atoms with Crippen LogP contribution in [0.25, 0.3) is 0 Å². The third kappa shape index (κ3) is 3.95. The monoisotopic (exact) mass is 339 g/mol. The number of hydrogen-bond donors (Lipinski definition) is 2. The smallest absolute Gasteiger partial charge is 0.255 e. The fourth-order valence-electron chi connectivity index (χ4n) is 2.68. The van der Waals surface area contributed by atoms with E-state index in [1.165, 1.54) is 25.7 Å². The van der Waals surface area contributed by atoms with Crippen LogP contribution >= 0.6 is 15.9 Å². The summed E-state index contributed by atoms with van der Waals surface area (Å²) in [4.78, 5) is 16.5. The van der Waals surface area contributed by atoms with Gasteiger partial charge >= 0.3 is 0 Å². The minimum atomic E-state index is -0.0539. The summed E-state index contributed by atoms with van der Waals surface area (Å²) < 4.78 is 0.813. The van der Waals surface area contributed by atoms with Crippen LogP contribution in [0.5, 0.6) is 0 Å². The topological polar surface area (TPSA) is 54.0 Å². The van der Waals surface area contributed by atoms with Gasteiger partial charge in [0.05, 0.1) is 5.56 Å². The van der Waals surface area contributed by atoms with Crippen LogP contribution in [0.2, 0.25) is 0 Å². The lowest BCUT2D eigenvalue weighted by molar-refractivity contribution is 0.0942. The molecule has 0 saturated heterocycles. The van der Waals surface area contributed by atoms with Crippen molar-refractivity contribution >= 4 is 27.7 Å². The zero-order valence-electron chi connectivity index (χ0n) is 12.1. The summed E-state index contributed by atoms with van der Waals surface area (Å²) in [5.74, 6) is 2.02. The van der Waals surface area contributed by atoms with Gasteiger partial charge in [0.15, 0.2) is 0 Å². The van der Waals surface area contributed by atoms with Crippen molar-refractivity contribution < 1.29 is 4.79 Å². The van der Waals surface area contributed by atoms with Crippen molar-refractivity contribution in [3.63, 3.8) is 0 Å². The van der Waals surface area contributed by atoms with E-state index in [2.05, 4.69) is 38.5 Å². The average Bonchev–Trinajstić information content (AvgIpc) is 2.46. The normalized spacial score (nSPS) is 22.4. The molecule has 0 aliphatic heterocycles. The number of carbonyl (C=O) groups is 1. The van der Waals surface area contributed by atoms with Crippen molar-refractivity contribution in [1.29, 1.82) is 0 Å². The van der Waals surface area contributed by atoms with Gasteiger partial charge in [0.1, 0.15) is 5.82 Å². The van der Waals surface area contributed by atoms with Crippen LogP contribution in [0.15, 0.2) is 16.7 Å². The maximum atomic E-state index is 12.3. The summed E-state index contributed by atoms with van der Waals surface area (Å²) in [6.07, 6.45) is 6.68. The molecule has 1 aromatic rings. The molecule has 0 radical (unpaired) electrons. The number of halogens is 1. The summed E-state index contributed by atoms with van der Waals surface area (Å²) in [5, 5.41) is 6.00. The molecule has 1 heterocycles. The number of nitrogens with one attached hydrogen (secondary N) is 2. The van der Waals surface area contributed by atoms with Crippen molar-refractivity contribution in [3.8, 4) is 0 Å². The predicted molar refractivity (Wildman–Crippen MR) is 84.9 cm³/mol. The van der Waals surface area contributed by atoms with E-state index in [1.54, 1.807) is 19.3 Å². The number of rotatable bonds is 4. The van der Waals surface area contributed by atoms with E-state index in [1.807, 2.05) is 0 Å². The first-order valence-corrected chi connectivity index (χ1v) is 8.01. The van der Waals surface area contributed by atoms with Crippen molar-refractivity contribution in [2.24, 2.45) is 11.8 Å². The number of nitrogens with zero attached hydrogens (tertiary/aromatic N) is 1. The van der Waals surface area contributed by atoms with Gasteiger partial charge in [0, 0.05) is 24.3 Å². The Balaban J connectivity index is 1.93. The van der Waals surface area contributed by atoms with Gasteiger partial charge in [-0.1, -0.05) is 19.8 Å². The van der Waals surface area contributed by atoms with E-state index < -0.39 is 0 Å². The summed E-state index contributed by atoms with van der Waals surface area (Å²) in [6.45, 7) is 3.07. The van der Waals surface area contributed by atoms with E-state index in [-0.39, 0.29) is 5.91 Å². The number of pyridine rings is 1. The average molecular weight is 340 g/mol. The molecular weight excluding hydrogens is 318 g/mol. The summed E-state index contributed by atoms with van der Waals surface area (Å²) in [7, 11) is 1.77. The first-order chi connectivity index (χ1) is 9.60. The Kier molecular flexibility index (Phi) is 5.40. The van der Waals surface area contributed by atoms with Gasteiger partial charge in [0.25, 0.3) is 5.91 Å². The highest BCUT2D eigenvalue weighted by Crippen LogP contribution is 2.27. The fourth-order valence-corrected chi connectivity index (χ4v) is 3.01. The van der Waals surface area contributed by atoms with Crippen LogP contribution < -0.4 is 10.6 Å². The molecule has 110 valence electrons. The molecule has 1 aromatic heterocycles. The van der Waals surface area contributed by atoms with Crippen LogP contribution in [0.4, 0.5) is 5.82 Å². The highest BCUT2D eigenvalue weighted by molar-refractivity contribution is 9.10. The molecule has 0 spiro atoms. The summed E-state index contributed by atoms with van der Waals surface area (Å²) in [6, 6.07) is 1.80. The maximum absolute atomic E-state index is 12.3. The Labute approximate surface area is 128 Å². The molecule has 20 heavy (non-hydrogen) atoms. The molecule has 2 rings (SSSR count). The third-order valence-corrected chi connectivity index (χ3v) is 4.46. The Hall–Kier alpha value is -1.10. The second-order valence-corrected chi connectivity index (χ2v) is 6.55. The minimum Gasteiger partial charge on any atom is -0.372 e. The third-order valence-electron chi connectivity index (χ3n) is 4.02. The summed E-state index contributed by atoms with van der Waals surface area (Å²) in [5.41, 5.74) is 0.589. The number of anilines is 1. The Morgan fingerprint density at radius 1 is 1.40 bits per heavy atom. The van der Waals surface area contributed by atoms with Crippen molar-refractivity contribution in [3.05, 3.63) is 22.3 Å². The second kappa shape index (κ2) is 7.07. The fraction of sp³-hybridized carbons (Fsp3) is 0.600. The molecular formula is C15H22BrN3O. The van der Waals surface area contributed by atoms with Gasteiger partial charge in [-0.15, -0.1) is 0 Å². The van der Waals surface area contributed by atoms with E-state index in [0.29, 0.717) is 17.3 Å². The van der Waals surface area contributed by atoms with E-state index in [9.17, 15) is 4.79 Å². The second-order valence-electron chi connectivity index (χ2n) is 5.64.